The van der Waals surface area contributed by atoms with Crippen LogP contribution >= 0.6 is 11.6 Å². The fraction of sp³-hybridized carbons (Fsp3) is 0.391. The second kappa shape index (κ2) is 10.0. The molecule has 0 bridgehead atoms. The molecule has 2 heterocycles. The summed E-state index contributed by atoms with van der Waals surface area (Å²) in [5.41, 5.74) is 2.12. The lowest BCUT2D eigenvalue weighted by molar-refractivity contribution is -0.120. The number of hydrogen-bond acceptors (Lipinski definition) is 5. The van der Waals surface area contributed by atoms with Crippen LogP contribution < -0.4 is 10.6 Å². The summed E-state index contributed by atoms with van der Waals surface area (Å²) in [6, 6.07) is 3.34. The Kier molecular flexibility index (Phi) is 7.08. The minimum Gasteiger partial charge on any atom is -0.378 e. The summed E-state index contributed by atoms with van der Waals surface area (Å²) in [5, 5.41) is 9.53. The summed E-state index contributed by atoms with van der Waals surface area (Å²) < 4.78 is 34.0. The van der Waals surface area contributed by atoms with Crippen LogP contribution in [0.25, 0.3) is 5.65 Å². The molecule has 0 spiro atoms. The molecule has 0 saturated heterocycles. The van der Waals surface area contributed by atoms with Gasteiger partial charge in [0.25, 0.3) is 5.91 Å². The molecule has 11 heteroatoms. The maximum absolute atomic E-state index is 14.0. The third kappa shape index (κ3) is 5.02. The Morgan fingerprint density at radius 3 is 2.62 bits per heavy atom. The summed E-state index contributed by atoms with van der Waals surface area (Å²) in [6.07, 6.45) is 3.64. The first-order valence-corrected chi connectivity index (χ1v) is 11.2. The molecular weight excluding hydrogens is 468 g/mol. The third-order valence-corrected chi connectivity index (χ3v) is 6.23. The zero-order valence-corrected chi connectivity index (χ0v) is 19.5. The van der Waals surface area contributed by atoms with Gasteiger partial charge in [-0.15, -0.1) is 0 Å². The predicted molar refractivity (Wildman–Crippen MR) is 122 cm³/mol. The van der Waals surface area contributed by atoms with Gasteiger partial charge >= 0.3 is 0 Å². The van der Waals surface area contributed by atoms with Gasteiger partial charge in [-0.25, -0.2) is 18.3 Å². The van der Waals surface area contributed by atoms with Crippen molar-refractivity contribution in [1.29, 1.82) is 0 Å². The van der Waals surface area contributed by atoms with Gasteiger partial charge in [0.2, 0.25) is 5.91 Å². The molecule has 1 aliphatic rings. The van der Waals surface area contributed by atoms with Gasteiger partial charge in [-0.05, 0) is 44.7 Å². The minimum absolute atomic E-state index is 0.124. The number of fused-ring (bicyclic) bond motifs is 1. The largest absolute Gasteiger partial charge is 0.378 e. The lowest BCUT2D eigenvalue weighted by atomic mass is 9.85. The Hall–Kier alpha value is -3.11. The van der Waals surface area contributed by atoms with Crippen molar-refractivity contribution >= 4 is 34.7 Å². The number of amides is 2. The highest BCUT2D eigenvalue weighted by molar-refractivity contribution is 6.33. The standard InChI is InChI=1S/C23H24ClF2N5O3/c1-12-7-16(11-34-2)28-21-17(10-27-31(12)21)23(33)29-15-5-3-13(4-6-15)22(32)30-20-18(24)8-14(25)9-19(20)26/h7-10,13,15H,3-6,11H2,1-2H3,(H,29,33)(H,30,32)/t13-,15-. The van der Waals surface area contributed by atoms with Gasteiger partial charge in [0.15, 0.2) is 11.5 Å². The van der Waals surface area contributed by atoms with Gasteiger partial charge in [0.05, 0.1) is 29.2 Å². The Balaban J connectivity index is 1.37. The van der Waals surface area contributed by atoms with Crippen LogP contribution in [-0.4, -0.2) is 39.6 Å². The van der Waals surface area contributed by atoms with Crippen LogP contribution in [0.1, 0.15) is 47.4 Å². The Labute approximate surface area is 199 Å². The molecule has 1 saturated carbocycles. The van der Waals surface area contributed by atoms with E-state index in [1.807, 2.05) is 13.0 Å². The molecule has 180 valence electrons. The van der Waals surface area contributed by atoms with E-state index in [1.54, 1.807) is 11.6 Å². The number of halogens is 3. The van der Waals surface area contributed by atoms with Crippen molar-refractivity contribution < 1.29 is 23.1 Å². The van der Waals surface area contributed by atoms with Crippen molar-refractivity contribution in [2.24, 2.45) is 5.92 Å². The summed E-state index contributed by atoms with van der Waals surface area (Å²) in [7, 11) is 1.58. The summed E-state index contributed by atoms with van der Waals surface area (Å²) in [4.78, 5) is 30.0. The summed E-state index contributed by atoms with van der Waals surface area (Å²) in [5.74, 6) is -2.78. The second-order valence-electron chi connectivity index (χ2n) is 8.37. The third-order valence-electron chi connectivity index (χ3n) is 5.93. The number of aryl methyl sites for hydroxylation is 1. The zero-order chi connectivity index (χ0) is 24.4. The first kappa shape index (κ1) is 24.0. The van der Waals surface area contributed by atoms with Crippen molar-refractivity contribution in [3.8, 4) is 0 Å². The van der Waals surface area contributed by atoms with Crippen molar-refractivity contribution in [1.82, 2.24) is 19.9 Å². The van der Waals surface area contributed by atoms with E-state index >= 15 is 0 Å². The highest BCUT2D eigenvalue weighted by Crippen LogP contribution is 2.30. The highest BCUT2D eigenvalue weighted by Gasteiger charge is 2.29. The number of ether oxygens (including phenoxy) is 1. The molecule has 3 aromatic rings. The summed E-state index contributed by atoms with van der Waals surface area (Å²) >= 11 is 5.86. The van der Waals surface area contributed by atoms with Crippen molar-refractivity contribution in [2.45, 2.75) is 45.3 Å². The van der Waals surface area contributed by atoms with E-state index in [2.05, 4.69) is 20.7 Å². The molecule has 2 N–H and O–H groups in total. The van der Waals surface area contributed by atoms with Crippen molar-refractivity contribution in [3.63, 3.8) is 0 Å². The molecule has 8 nitrogen and oxygen atoms in total. The van der Waals surface area contributed by atoms with Gasteiger partial charge < -0.3 is 15.4 Å². The topological polar surface area (TPSA) is 97.6 Å². The lowest BCUT2D eigenvalue weighted by Gasteiger charge is -2.28. The van der Waals surface area contributed by atoms with Crippen LogP contribution in [0.5, 0.6) is 0 Å². The number of aromatic nitrogens is 3. The fourth-order valence-corrected chi connectivity index (χ4v) is 4.45. The molecule has 2 amide bonds. The average molecular weight is 492 g/mol. The minimum atomic E-state index is -0.926. The second-order valence-corrected chi connectivity index (χ2v) is 8.78. The smallest absolute Gasteiger partial charge is 0.256 e. The molecular formula is C23H24ClF2N5O3. The van der Waals surface area contributed by atoms with Crippen molar-refractivity contribution in [3.05, 3.63) is 58.0 Å². The number of rotatable bonds is 6. The molecule has 1 aliphatic carbocycles. The molecule has 0 aliphatic heterocycles. The van der Waals surface area contributed by atoms with Gasteiger partial charge in [-0.2, -0.15) is 5.10 Å². The zero-order valence-electron chi connectivity index (χ0n) is 18.7. The molecule has 0 unspecified atom stereocenters. The normalized spacial score (nSPS) is 18.1. The number of carbonyl (C=O) groups excluding carboxylic acids is 2. The van der Waals surface area contributed by atoms with Crippen LogP contribution in [0.4, 0.5) is 14.5 Å². The van der Waals surface area contributed by atoms with Gasteiger partial charge in [-0.1, -0.05) is 11.6 Å². The Bertz CT molecular complexity index is 1220. The number of benzene rings is 1. The first-order chi connectivity index (χ1) is 16.3. The van der Waals surface area contributed by atoms with Crippen LogP contribution in [0.15, 0.2) is 24.4 Å². The molecule has 1 aromatic carbocycles. The number of carbonyl (C=O) groups is 2. The maximum atomic E-state index is 14.0. The van der Waals surface area contributed by atoms with Crippen LogP contribution in [0, 0.1) is 24.5 Å². The van der Waals surface area contributed by atoms with Crippen LogP contribution in [0.3, 0.4) is 0 Å². The maximum Gasteiger partial charge on any atom is 0.256 e. The number of hydrogen-bond donors (Lipinski definition) is 2. The Morgan fingerprint density at radius 2 is 1.94 bits per heavy atom. The van der Waals surface area contributed by atoms with E-state index < -0.39 is 11.6 Å². The first-order valence-electron chi connectivity index (χ1n) is 10.9. The van der Waals surface area contributed by atoms with Crippen LogP contribution in [-0.2, 0) is 16.1 Å². The van der Waals surface area contributed by atoms with E-state index in [0.717, 1.165) is 11.8 Å². The number of methoxy groups -OCH3 is 1. The molecule has 1 fully saturated rings. The van der Waals surface area contributed by atoms with E-state index in [1.165, 1.54) is 6.20 Å². The average Bonchev–Trinajstić information content (AvgIpc) is 3.21. The quantitative estimate of drug-likeness (QED) is 0.542. The fourth-order valence-electron chi connectivity index (χ4n) is 4.21. The molecule has 4 rings (SSSR count). The van der Waals surface area contributed by atoms with Gasteiger partial charge in [-0.3, -0.25) is 9.59 Å². The molecule has 34 heavy (non-hydrogen) atoms. The predicted octanol–water partition coefficient (Wildman–Crippen LogP) is 4.04. The van der Waals surface area contributed by atoms with Gasteiger partial charge in [0, 0.05) is 30.8 Å². The van der Waals surface area contributed by atoms with Crippen molar-refractivity contribution in [2.75, 3.05) is 12.4 Å². The summed E-state index contributed by atoms with van der Waals surface area (Å²) in [6.45, 7) is 2.20. The van der Waals surface area contributed by atoms with E-state index in [-0.39, 0.29) is 34.5 Å². The van der Waals surface area contributed by atoms with Gasteiger partial charge in [0.1, 0.15) is 11.4 Å². The highest BCUT2D eigenvalue weighted by atomic mass is 35.5. The van der Waals surface area contributed by atoms with Crippen LogP contribution in [0.2, 0.25) is 5.02 Å². The number of nitrogens with zero attached hydrogens (tertiary/aromatic N) is 3. The van der Waals surface area contributed by atoms with E-state index in [0.29, 0.717) is 55.3 Å². The number of nitrogens with one attached hydrogen (secondary N) is 2. The molecule has 0 radical (unpaired) electrons. The monoisotopic (exact) mass is 491 g/mol. The lowest BCUT2D eigenvalue weighted by Crippen LogP contribution is -2.39. The van der Waals surface area contributed by atoms with E-state index in [4.69, 9.17) is 16.3 Å². The number of anilines is 1. The van der Waals surface area contributed by atoms with E-state index in [9.17, 15) is 18.4 Å². The molecule has 2 aromatic heterocycles. The SMILES string of the molecule is COCc1cc(C)n2ncc(C(=O)N[C@H]3CC[C@H](C(=O)Nc4c(F)cc(F)cc4Cl)CC3)c2n1. The molecule has 0 atom stereocenters. The Morgan fingerprint density at radius 1 is 1.21 bits per heavy atom.